The third-order valence-corrected chi connectivity index (χ3v) is 6.47. The summed E-state index contributed by atoms with van der Waals surface area (Å²) in [4.78, 5) is 36.1. The van der Waals surface area contributed by atoms with Crippen LogP contribution in [0.3, 0.4) is 0 Å². The number of hydrogen-bond donors (Lipinski definition) is 0. The zero-order valence-corrected chi connectivity index (χ0v) is 20.0. The van der Waals surface area contributed by atoms with Crippen molar-refractivity contribution in [1.82, 2.24) is 0 Å². The van der Waals surface area contributed by atoms with Gasteiger partial charge >= 0.3 is 5.97 Å². The standard InChI is InChI=1S/C24H16ClN3O6S/c1-3-33-24(30)23-13(2)17(12-27)22(35-23)10-20(29)15(11-26)8-16-5-7-21(34-16)14-4-6-18(25)19(9-14)28(31)32/h4-9H,3,10H2,1-2H3/b15-8+. The molecular weight excluding hydrogens is 494 g/mol. The minimum Gasteiger partial charge on any atom is -0.462 e. The van der Waals surface area contributed by atoms with Crippen molar-refractivity contribution < 1.29 is 23.7 Å². The van der Waals surface area contributed by atoms with E-state index >= 15 is 0 Å². The molecule has 0 aliphatic rings. The lowest BCUT2D eigenvalue weighted by atomic mass is 10.0. The Morgan fingerprint density at radius 1 is 1.29 bits per heavy atom. The van der Waals surface area contributed by atoms with Crippen molar-refractivity contribution in [3.63, 3.8) is 0 Å². The van der Waals surface area contributed by atoms with Gasteiger partial charge in [0, 0.05) is 29.0 Å². The van der Waals surface area contributed by atoms with Crippen LogP contribution in [-0.4, -0.2) is 23.3 Å². The topological polar surface area (TPSA) is 147 Å². The van der Waals surface area contributed by atoms with E-state index in [0.29, 0.717) is 16.0 Å². The number of nitriles is 2. The highest BCUT2D eigenvalue weighted by Crippen LogP contribution is 2.32. The minimum absolute atomic E-state index is 0.0190. The quantitative estimate of drug-likeness (QED) is 0.124. The van der Waals surface area contributed by atoms with Crippen molar-refractivity contribution in [3.8, 4) is 23.5 Å². The fourth-order valence-corrected chi connectivity index (χ4v) is 4.52. The van der Waals surface area contributed by atoms with E-state index in [4.69, 9.17) is 20.8 Å². The van der Waals surface area contributed by atoms with Crippen LogP contribution in [-0.2, 0) is 16.0 Å². The summed E-state index contributed by atoms with van der Waals surface area (Å²) in [7, 11) is 0. The summed E-state index contributed by atoms with van der Waals surface area (Å²) in [5.74, 6) is -0.689. The second-order valence-electron chi connectivity index (χ2n) is 7.08. The molecule has 9 nitrogen and oxygen atoms in total. The summed E-state index contributed by atoms with van der Waals surface area (Å²) < 4.78 is 10.6. The lowest BCUT2D eigenvalue weighted by Crippen LogP contribution is -2.05. The van der Waals surface area contributed by atoms with Crippen LogP contribution in [0.15, 0.2) is 40.3 Å². The molecule has 0 N–H and O–H groups in total. The van der Waals surface area contributed by atoms with Gasteiger partial charge in [-0.1, -0.05) is 11.6 Å². The maximum atomic E-state index is 12.8. The molecule has 0 aliphatic carbocycles. The van der Waals surface area contributed by atoms with E-state index in [9.17, 15) is 30.2 Å². The van der Waals surface area contributed by atoms with Gasteiger partial charge in [-0.05, 0) is 43.7 Å². The Kier molecular flexibility index (Phi) is 7.82. The second-order valence-corrected chi connectivity index (χ2v) is 8.59. The van der Waals surface area contributed by atoms with E-state index in [-0.39, 0.29) is 51.3 Å². The number of ketones is 1. The van der Waals surface area contributed by atoms with Crippen molar-refractivity contribution in [1.29, 1.82) is 10.5 Å². The van der Waals surface area contributed by atoms with Crippen LogP contribution in [0.5, 0.6) is 0 Å². The van der Waals surface area contributed by atoms with E-state index in [1.807, 2.05) is 12.1 Å². The molecule has 3 aromatic rings. The highest BCUT2D eigenvalue weighted by Gasteiger charge is 2.23. The number of carbonyl (C=O) groups excluding carboxylic acids is 2. The van der Waals surface area contributed by atoms with Crippen LogP contribution in [0.25, 0.3) is 17.4 Å². The van der Waals surface area contributed by atoms with Gasteiger partial charge in [0.15, 0.2) is 5.78 Å². The van der Waals surface area contributed by atoms with Gasteiger partial charge in [0.2, 0.25) is 0 Å². The van der Waals surface area contributed by atoms with Gasteiger partial charge in [0.05, 0.1) is 22.7 Å². The smallest absolute Gasteiger partial charge is 0.348 e. The molecule has 0 saturated heterocycles. The Balaban J connectivity index is 1.87. The number of halogens is 1. The van der Waals surface area contributed by atoms with Crippen LogP contribution in [0.2, 0.25) is 5.02 Å². The first-order valence-electron chi connectivity index (χ1n) is 10.1. The molecule has 2 heterocycles. The van der Waals surface area contributed by atoms with Crippen molar-refractivity contribution in [2.45, 2.75) is 20.3 Å². The lowest BCUT2D eigenvalue weighted by molar-refractivity contribution is -0.384. The largest absolute Gasteiger partial charge is 0.462 e. The first-order chi connectivity index (χ1) is 16.7. The number of thiophene rings is 1. The molecule has 0 atom stereocenters. The monoisotopic (exact) mass is 509 g/mol. The average Bonchev–Trinajstić information content (AvgIpc) is 3.41. The number of rotatable bonds is 8. The predicted molar refractivity (Wildman–Crippen MR) is 128 cm³/mol. The first-order valence-corrected chi connectivity index (χ1v) is 11.3. The average molecular weight is 510 g/mol. The van der Waals surface area contributed by atoms with Crippen LogP contribution >= 0.6 is 22.9 Å². The Morgan fingerprint density at radius 2 is 2.03 bits per heavy atom. The normalized spacial score (nSPS) is 10.9. The maximum Gasteiger partial charge on any atom is 0.348 e. The zero-order chi connectivity index (χ0) is 25.7. The summed E-state index contributed by atoms with van der Waals surface area (Å²) in [6.45, 7) is 3.43. The number of Topliss-reactive ketones (excluding diaryl/α,β-unsaturated/α-hetero) is 1. The van der Waals surface area contributed by atoms with Crippen molar-refractivity contribution in [3.05, 3.63) is 77.7 Å². The lowest BCUT2D eigenvalue weighted by Gasteiger charge is -2.00. The number of benzene rings is 1. The Bertz CT molecular complexity index is 1450. The van der Waals surface area contributed by atoms with Gasteiger partial charge in [-0.2, -0.15) is 10.5 Å². The number of nitro benzene ring substituents is 1. The summed E-state index contributed by atoms with van der Waals surface area (Å²) in [6.07, 6.45) is 0.985. The van der Waals surface area contributed by atoms with Gasteiger partial charge in [0.25, 0.3) is 5.69 Å². The molecule has 35 heavy (non-hydrogen) atoms. The minimum atomic E-state index is -0.614. The summed E-state index contributed by atoms with van der Waals surface area (Å²) >= 11 is 6.82. The Morgan fingerprint density at radius 3 is 2.66 bits per heavy atom. The molecule has 0 bridgehead atoms. The van der Waals surface area contributed by atoms with E-state index < -0.39 is 16.7 Å². The van der Waals surface area contributed by atoms with Gasteiger partial charge < -0.3 is 9.15 Å². The molecule has 0 saturated carbocycles. The molecule has 0 unspecified atom stereocenters. The Hall–Kier alpha value is -4.25. The molecule has 1 aromatic carbocycles. The maximum absolute atomic E-state index is 12.8. The van der Waals surface area contributed by atoms with Crippen molar-refractivity contribution >= 4 is 46.5 Å². The van der Waals surface area contributed by atoms with Crippen molar-refractivity contribution in [2.24, 2.45) is 0 Å². The summed E-state index contributed by atoms with van der Waals surface area (Å²) in [5.41, 5.74) is 0.514. The number of furan rings is 1. The molecule has 0 radical (unpaired) electrons. The van der Waals surface area contributed by atoms with Crippen LogP contribution in [0.1, 0.15) is 38.4 Å². The molecule has 3 rings (SSSR count). The molecule has 11 heteroatoms. The number of carbonyl (C=O) groups is 2. The molecule has 0 fully saturated rings. The number of nitro groups is 1. The van der Waals surface area contributed by atoms with E-state index in [2.05, 4.69) is 0 Å². The van der Waals surface area contributed by atoms with Crippen LogP contribution in [0, 0.1) is 39.7 Å². The highest BCUT2D eigenvalue weighted by molar-refractivity contribution is 7.14. The number of nitrogens with zero attached hydrogens (tertiary/aromatic N) is 3. The molecule has 176 valence electrons. The fraction of sp³-hybridized carbons (Fsp3) is 0.167. The highest BCUT2D eigenvalue weighted by atomic mass is 35.5. The molecule has 2 aromatic heterocycles. The predicted octanol–water partition coefficient (Wildman–Crippen LogP) is 5.65. The van der Waals surface area contributed by atoms with Crippen LogP contribution < -0.4 is 0 Å². The Labute approximate surface area is 208 Å². The number of allylic oxidation sites excluding steroid dienone is 1. The van der Waals surface area contributed by atoms with E-state index in [0.717, 1.165) is 11.3 Å². The van der Waals surface area contributed by atoms with Gasteiger partial charge in [-0.25, -0.2) is 4.79 Å². The molecule has 0 amide bonds. The fourth-order valence-electron chi connectivity index (χ4n) is 3.19. The summed E-state index contributed by atoms with van der Waals surface area (Å²) in [5, 5.41) is 30.1. The SMILES string of the molecule is CCOC(=O)c1sc(CC(=O)/C(C#N)=C/c2ccc(-c3ccc(Cl)c([N+](=O)[O-])c3)o2)c(C#N)c1C. The van der Waals surface area contributed by atoms with Gasteiger partial charge in [-0.15, -0.1) is 11.3 Å². The third kappa shape index (κ3) is 5.46. The van der Waals surface area contributed by atoms with E-state index in [1.165, 1.54) is 24.3 Å². The van der Waals surface area contributed by atoms with Gasteiger partial charge in [0.1, 0.15) is 33.6 Å². The molecule has 0 spiro atoms. The summed E-state index contributed by atoms with van der Waals surface area (Å²) in [6, 6.07) is 11.1. The molecule has 0 aliphatic heterocycles. The molecular formula is C24H16ClN3O6S. The van der Waals surface area contributed by atoms with Gasteiger partial charge in [-0.3, -0.25) is 14.9 Å². The first kappa shape index (κ1) is 25.4. The number of ether oxygens (including phenoxy) is 1. The number of hydrogen-bond acceptors (Lipinski definition) is 9. The third-order valence-electron chi connectivity index (χ3n) is 4.88. The number of esters is 1. The van der Waals surface area contributed by atoms with E-state index in [1.54, 1.807) is 26.0 Å². The zero-order valence-electron chi connectivity index (χ0n) is 18.5. The van der Waals surface area contributed by atoms with Crippen molar-refractivity contribution in [2.75, 3.05) is 6.61 Å². The van der Waals surface area contributed by atoms with Crippen LogP contribution in [0.4, 0.5) is 5.69 Å². The second kappa shape index (κ2) is 10.8.